The molecule has 0 bridgehead atoms. The Kier molecular flexibility index (Phi) is 10.4. The lowest BCUT2D eigenvalue weighted by molar-refractivity contribution is -0.123. The number of hydrogen-bond donors (Lipinski definition) is 3. The highest BCUT2D eigenvalue weighted by atomic mass is 16.5. The predicted octanol–water partition coefficient (Wildman–Crippen LogP) is 3.05. The van der Waals surface area contributed by atoms with E-state index in [-0.39, 0.29) is 23.6 Å². The number of ether oxygens (including phenoxy) is 2. The number of anilines is 1. The van der Waals surface area contributed by atoms with Gasteiger partial charge in [-0.3, -0.25) is 14.9 Å². The summed E-state index contributed by atoms with van der Waals surface area (Å²) in [5.74, 6) is -1.07. The van der Waals surface area contributed by atoms with Crippen molar-refractivity contribution in [3.63, 3.8) is 0 Å². The zero-order chi connectivity index (χ0) is 24.1. The highest BCUT2D eigenvalue weighted by molar-refractivity contribution is 6.02. The van der Waals surface area contributed by atoms with Crippen molar-refractivity contribution < 1.29 is 28.7 Å². The van der Waals surface area contributed by atoms with Crippen LogP contribution in [0.4, 0.5) is 10.5 Å². The third kappa shape index (κ3) is 9.02. The number of aryl methyl sites for hydroxylation is 1. The van der Waals surface area contributed by atoms with Crippen LogP contribution in [0.2, 0.25) is 0 Å². The van der Waals surface area contributed by atoms with Crippen LogP contribution in [0.15, 0.2) is 48.5 Å². The number of urea groups is 1. The van der Waals surface area contributed by atoms with Crippen LogP contribution in [0.25, 0.3) is 0 Å². The fourth-order valence-electron chi connectivity index (χ4n) is 2.83. The van der Waals surface area contributed by atoms with Crippen LogP contribution in [0, 0.1) is 0 Å². The van der Waals surface area contributed by atoms with Crippen LogP contribution in [0.5, 0.6) is 5.75 Å². The molecule has 9 heteroatoms. The normalized spacial score (nSPS) is 10.1. The second-order valence-corrected chi connectivity index (χ2v) is 7.18. The van der Waals surface area contributed by atoms with E-state index in [2.05, 4.69) is 16.0 Å². The number of carbonyl (C=O) groups is 4. The predicted molar refractivity (Wildman–Crippen MR) is 123 cm³/mol. The first-order chi connectivity index (χ1) is 15.9. The van der Waals surface area contributed by atoms with Gasteiger partial charge in [-0.15, -0.1) is 0 Å². The number of imide groups is 1. The van der Waals surface area contributed by atoms with Gasteiger partial charge in [0.2, 0.25) is 5.91 Å². The number of carbonyl (C=O) groups excluding carboxylic acids is 4. The standard InChI is InChI=1S/C24H29N3O6/c1-3-4-15-25-24(31)27-22(29)16-33-23(30)19-7-5-6-8-20(19)26-21(28)14-11-17-9-12-18(32-2)13-10-17/h5-10,12-13H,3-4,11,14-16H2,1-2H3,(H,26,28)(H2,25,27,29,31). The van der Waals surface area contributed by atoms with Crippen molar-refractivity contribution in [2.24, 2.45) is 0 Å². The van der Waals surface area contributed by atoms with Crippen LogP contribution < -0.4 is 20.7 Å². The van der Waals surface area contributed by atoms with E-state index in [9.17, 15) is 19.2 Å². The van der Waals surface area contributed by atoms with Gasteiger partial charge in [-0.25, -0.2) is 9.59 Å². The molecule has 0 saturated carbocycles. The van der Waals surface area contributed by atoms with Gasteiger partial charge in [-0.05, 0) is 42.7 Å². The molecule has 0 aliphatic rings. The quantitative estimate of drug-likeness (QED) is 0.354. The molecular weight excluding hydrogens is 426 g/mol. The Morgan fingerprint density at radius 3 is 2.36 bits per heavy atom. The van der Waals surface area contributed by atoms with Crippen LogP contribution in [-0.4, -0.2) is 44.1 Å². The molecule has 176 valence electrons. The minimum Gasteiger partial charge on any atom is -0.497 e. The number of hydrogen-bond acceptors (Lipinski definition) is 6. The van der Waals surface area contributed by atoms with E-state index < -0.39 is 24.5 Å². The fraction of sp³-hybridized carbons (Fsp3) is 0.333. The first-order valence-electron chi connectivity index (χ1n) is 10.7. The van der Waals surface area contributed by atoms with Crippen molar-refractivity contribution >= 4 is 29.5 Å². The van der Waals surface area contributed by atoms with Gasteiger partial charge in [-0.1, -0.05) is 37.6 Å². The number of unbranched alkanes of at least 4 members (excludes halogenated alkanes) is 1. The molecule has 2 aromatic rings. The molecule has 0 aromatic heterocycles. The molecule has 2 aromatic carbocycles. The molecule has 9 nitrogen and oxygen atoms in total. The van der Waals surface area contributed by atoms with Gasteiger partial charge in [-0.2, -0.15) is 0 Å². The summed E-state index contributed by atoms with van der Waals surface area (Å²) in [7, 11) is 1.59. The van der Waals surface area contributed by atoms with Crippen molar-refractivity contribution in [3.05, 3.63) is 59.7 Å². The molecule has 0 aliphatic carbocycles. The van der Waals surface area contributed by atoms with Gasteiger partial charge >= 0.3 is 12.0 Å². The summed E-state index contributed by atoms with van der Waals surface area (Å²) in [4.78, 5) is 48.2. The molecule has 0 atom stereocenters. The lowest BCUT2D eigenvalue weighted by Crippen LogP contribution is -2.41. The second kappa shape index (κ2) is 13.5. The Hall–Kier alpha value is -3.88. The summed E-state index contributed by atoms with van der Waals surface area (Å²) >= 11 is 0. The summed E-state index contributed by atoms with van der Waals surface area (Å²) in [6, 6.07) is 13.1. The number of rotatable bonds is 11. The van der Waals surface area contributed by atoms with Crippen molar-refractivity contribution in [2.75, 3.05) is 25.6 Å². The van der Waals surface area contributed by atoms with Crippen LogP contribution in [0.1, 0.15) is 42.1 Å². The molecule has 3 N–H and O–H groups in total. The molecule has 2 rings (SSSR count). The number of esters is 1. The first-order valence-corrected chi connectivity index (χ1v) is 10.7. The molecule has 0 spiro atoms. The summed E-state index contributed by atoms with van der Waals surface area (Å²) in [6.45, 7) is 1.80. The average Bonchev–Trinajstić information content (AvgIpc) is 2.82. The van der Waals surface area contributed by atoms with Gasteiger partial charge in [0.25, 0.3) is 5.91 Å². The average molecular weight is 456 g/mol. The van der Waals surface area contributed by atoms with Gasteiger partial charge in [0.1, 0.15) is 5.75 Å². The Labute approximate surface area is 192 Å². The van der Waals surface area contributed by atoms with Crippen molar-refractivity contribution in [2.45, 2.75) is 32.6 Å². The molecule has 0 unspecified atom stereocenters. The van der Waals surface area contributed by atoms with Crippen LogP contribution in [0.3, 0.4) is 0 Å². The van der Waals surface area contributed by atoms with Gasteiger partial charge in [0.05, 0.1) is 18.4 Å². The third-order valence-electron chi connectivity index (χ3n) is 4.62. The molecule has 0 heterocycles. The Morgan fingerprint density at radius 2 is 1.67 bits per heavy atom. The van der Waals surface area contributed by atoms with Gasteiger partial charge in [0.15, 0.2) is 6.61 Å². The SMILES string of the molecule is CCCCNC(=O)NC(=O)COC(=O)c1ccccc1NC(=O)CCc1ccc(OC)cc1. The van der Waals surface area contributed by atoms with E-state index in [0.29, 0.717) is 13.0 Å². The second-order valence-electron chi connectivity index (χ2n) is 7.18. The number of nitrogens with one attached hydrogen (secondary N) is 3. The molecule has 0 fully saturated rings. The van der Waals surface area contributed by atoms with Crippen LogP contribution >= 0.6 is 0 Å². The maximum absolute atomic E-state index is 12.4. The summed E-state index contributed by atoms with van der Waals surface area (Å²) in [6.07, 6.45) is 2.43. The maximum Gasteiger partial charge on any atom is 0.340 e. The minimum atomic E-state index is -0.789. The van der Waals surface area contributed by atoms with Crippen molar-refractivity contribution in [1.82, 2.24) is 10.6 Å². The molecule has 33 heavy (non-hydrogen) atoms. The number of amides is 4. The molecule has 0 saturated heterocycles. The smallest absolute Gasteiger partial charge is 0.340 e. The van der Waals surface area contributed by atoms with Gasteiger partial charge in [0, 0.05) is 13.0 Å². The summed E-state index contributed by atoms with van der Waals surface area (Å²) < 4.78 is 10.1. The third-order valence-corrected chi connectivity index (χ3v) is 4.62. The number of methoxy groups -OCH3 is 1. The Bertz CT molecular complexity index is 959. The molecule has 0 aliphatic heterocycles. The number of para-hydroxylation sites is 1. The highest BCUT2D eigenvalue weighted by Crippen LogP contribution is 2.17. The number of benzene rings is 2. The van der Waals surface area contributed by atoms with E-state index in [4.69, 9.17) is 9.47 Å². The minimum absolute atomic E-state index is 0.107. The Balaban J connectivity index is 1.85. The summed E-state index contributed by atoms with van der Waals surface area (Å²) in [5.41, 5.74) is 1.36. The maximum atomic E-state index is 12.4. The van der Waals surface area contributed by atoms with E-state index in [0.717, 1.165) is 24.2 Å². The topological polar surface area (TPSA) is 123 Å². The van der Waals surface area contributed by atoms with E-state index in [1.54, 1.807) is 25.3 Å². The lowest BCUT2D eigenvalue weighted by Gasteiger charge is -2.11. The molecule has 4 amide bonds. The lowest BCUT2D eigenvalue weighted by atomic mass is 10.1. The van der Waals surface area contributed by atoms with Crippen molar-refractivity contribution in [1.29, 1.82) is 0 Å². The Morgan fingerprint density at radius 1 is 0.939 bits per heavy atom. The van der Waals surface area contributed by atoms with E-state index in [1.165, 1.54) is 6.07 Å². The largest absolute Gasteiger partial charge is 0.497 e. The molecular formula is C24H29N3O6. The van der Waals surface area contributed by atoms with Crippen molar-refractivity contribution in [3.8, 4) is 5.75 Å². The van der Waals surface area contributed by atoms with E-state index >= 15 is 0 Å². The summed E-state index contributed by atoms with van der Waals surface area (Å²) in [5, 5.41) is 7.32. The first kappa shape index (κ1) is 25.4. The zero-order valence-electron chi connectivity index (χ0n) is 18.8. The van der Waals surface area contributed by atoms with E-state index in [1.807, 2.05) is 31.2 Å². The highest BCUT2D eigenvalue weighted by Gasteiger charge is 2.16. The van der Waals surface area contributed by atoms with Gasteiger partial charge < -0.3 is 20.1 Å². The monoisotopic (exact) mass is 455 g/mol. The zero-order valence-corrected chi connectivity index (χ0v) is 18.8. The fourth-order valence-corrected chi connectivity index (χ4v) is 2.83. The van der Waals surface area contributed by atoms with Crippen LogP contribution in [-0.2, 0) is 20.7 Å². The molecule has 0 radical (unpaired) electrons.